The molecule has 0 aliphatic heterocycles. The third kappa shape index (κ3) is 3.34. The lowest BCUT2D eigenvalue weighted by Crippen LogP contribution is -2.18. The molecule has 1 atom stereocenters. The maximum absolute atomic E-state index is 5.83. The van der Waals surface area contributed by atoms with Gasteiger partial charge in [0.15, 0.2) is 5.76 Å². The van der Waals surface area contributed by atoms with E-state index in [0.29, 0.717) is 12.4 Å². The molecule has 2 rings (SSSR count). The van der Waals surface area contributed by atoms with E-state index < -0.39 is 0 Å². The van der Waals surface area contributed by atoms with Crippen LogP contribution in [0.25, 0.3) is 0 Å². The average molecular weight is 311 g/mol. The SMILES string of the molecule is CC(N)Cc1cccc(Br)c1OCc1ccno1. The highest BCUT2D eigenvalue weighted by atomic mass is 79.9. The van der Waals surface area contributed by atoms with Gasteiger partial charge in [0.1, 0.15) is 12.4 Å². The average Bonchev–Trinajstić information content (AvgIpc) is 2.80. The van der Waals surface area contributed by atoms with Gasteiger partial charge in [0.25, 0.3) is 0 Å². The van der Waals surface area contributed by atoms with E-state index in [1.54, 1.807) is 12.3 Å². The van der Waals surface area contributed by atoms with Gasteiger partial charge in [0.05, 0.1) is 10.7 Å². The Morgan fingerprint density at radius 1 is 1.44 bits per heavy atom. The third-order valence-electron chi connectivity index (χ3n) is 2.44. The normalized spacial score (nSPS) is 12.4. The Morgan fingerprint density at radius 2 is 2.28 bits per heavy atom. The standard InChI is InChI=1S/C13H15BrN2O2/c1-9(15)7-10-3-2-4-12(14)13(10)17-8-11-5-6-16-18-11/h2-6,9H,7-8,15H2,1H3. The van der Waals surface area contributed by atoms with Crippen LogP contribution in [0, 0.1) is 0 Å². The van der Waals surface area contributed by atoms with Crippen LogP contribution in [0.4, 0.5) is 0 Å². The molecule has 0 fully saturated rings. The summed E-state index contributed by atoms with van der Waals surface area (Å²) < 4.78 is 11.7. The first-order chi connectivity index (χ1) is 8.66. The van der Waals surface area contributed by atoms with Gasteiger partial charge >= 0.3 is 0 Å². The quantitative estimate of drug-likeness (QED) is 0.922. The Balaban J connectivity index is 2.14. The summed E-state index contributed by atoms with van der Waals surface area (Å²) in [7, 11) is 0. The summed E-state index contributed by atoms with van der Waals surface area (Å²) in [6.45, 7) is 2.33. The van der Waals surface area contributed by atoms with Crippen LogP contribution in [0.15, 0.2) is 39.5 Å². The number of benzene rings is 1. The van der Waals surface area contributed by atoms with Crippen LogP contribution in [0.1, 0.15) is 18.2 Å². The molecule has 2 N–H and O–H groups in total. The molecule has 1 unspecified atom stereocenters. The van der Waals surface area contributed by atoms with Gasteiger partial charge < -0.3 is 15.0 Å². The van der Waals surface area contributed by atoms with E-state index >= 15 is 0 Å². The summed E-state index contributed by atoms with van der Waals surface area (Å²) >= 11 is 3.49. The maximum atomic E-state index is 5.83. The molecule has 0 saturated carbocycles. The van der Waals surface area contributed by atoms with Crippen molar-refractivity contribution in [1.29, 1.82) is 0 Å². The van der Waals surface area contributed by atoms with Crippen molar-refractivity contribution in [2.75, 3.05) is 0 Å². The molecular formula is C13H15BrN2O2. The topological polar surface area (TPSA) is 61.3 Å². The Bertz CT molecular complexity index is 498. The van der Waals surface area contributed by atoms with E-state index in [2.05, 4.69) is 21.1 Å². The number of ether oxygens (including phenoxy) is 1. The first kappa shape index (κ1) is 13.1. The zero-order chi connectivity index (χ0) is 13.0. The molecule has 1 aromatic carbocycles. The fourth-order valence-corrected chi connectivity index (χ4v) is 2.20. The molecule has 0 saturated heterocycles. The minimum absolute atomic E-state index is 0.0897. The minimum Gasteiger partial charge on any atom is -0.484 e. The number of aromatic nitrogens is 1. The predicted octanol–water partition coefficient (Wildman–Crippen LogP) is 2.91. The molecule has 0 bridgehead atoms. The van der Waals surface area contributed by atoms with E-state index in [0.717, 1.165) is 22.2 Å². The van der Waals surface area contributed by atoms with Gasteiger partial charge in [-0.3, -0.25) is 0 Å². The second-order valence-electron chi connectivity index (χ2n) is 4.18. The molecule has 0 aliphatic rings. The van der Waals surface area contributed by atoms with Gasteiger partial charge in [-0.25, -0.2) is 0 Å². The van der Waals surface area contributed by atoms with Crippen molar-refractivity contribution < 1.29 is 9.26 Å². The van der Waals surface area contributed by atoms with Crippen LogP contribution in [0.2, 0.25) is 0 Å². The molecule has 96 valence electrons. The van der Waals surface area contributed by atoms with Crippen molar-refractivity contribution in [1.82, 2.24) is 5.16 Å². The lowest BCUT2D eigenvalue weighted by atomic mass is 10.1. The molecule has 0 spiro atoms. The number of hydrogen-bond donors (Lipinski definition) is 1. The summed E-state index contributed by atoms with van der Waals surface area (Å²) in [4.78, 5) is 0. The van der Waals surface area contributed by atoms with Gasteiger partial charge in [0.2, 0.25) is 0 Å². The highest BCUT2D eigenvalue weighted by molar-refractivity contribution is 9.10. The first-order valence-corrected chi connectivity index (χ1v) is 6.51. The molecule has 0 radical (unpaired) electrons. The van der Waals surface area contributed by atoms with Crippen LogP contribution in [0.3, 0.4) is 0 Å². The number of nitrogens with two attached hydrogens (primary N) is 1. The summed E-state index contributed by atoms with van der Waals surface area (Å²) in [6.07, 6.45) is 2.37. The van der Waals surface area contributed by atoms with Crippen LogP contribution in [0.5, 0.6) is 5.75 Å². The lowest BCUT2D eigenvalue weighted by molar-refractivity contribution is 0.246. The summed E-state index contributed by atoms with van der Waals surface area (Å²) in [5.41, 5.74) is 6.92. The molecule has 1 aromatic heterocycles. The van der Waals surface area contributed by atoms with Gasteiger partial charge in [0, 0.05) is 12.1 Å². The van der Waals surface area contributed by atoms with E-state index in [1.165, 1.54) is 0 Å². The lowest BCUT2D eigenvalue weighted by Gasteiger charge is -2.13. The van der Waals surface area contributed by atoms with Crippen LogP contribution in [-0.4, -0.2) is 11.2 Å². The Labute approximate surface area is 114 Å². The van der Waals surface area contributed by atoms with Gasteiger partial charge in [-0.1, -0.05) is 17.3 Å². The molecule has 0 aliphatic carbocycles. The monoisotopic (exact) mass is 310 g/mol. The highest BCUT2D eigenvalue weighted by Gasteiger charge is 2.10. The Morgan fingerprint density at radius 3 is 2.94 bits per heavy atom. The number of para-hydroxylation sites is 1. The summed E-state index contributed by atoms with van der Waals surface area (Å²) in [5.74, 6) is 1.50. The molecule has 4 nitrogen and oxygen atoms in total. The van der Waals surface area contributed by atoms with E-state index in [9.17, 15) is 0 Å². The third-order valence-corrected chi connectivity index (χ3v) is 3.06. The van der Waals surface area contributed by atoms with E-state index in [1.807, 2.05) is 25.1 Å². The smallest absolute Gasteiger partial charge is 0.174 e. The molecule has 5 heteroatoms. The van der Waals surface area contributed by atoms with Crippen molar-refractivity contribution in [2.24, 2.45) is 5.73 Å². The Hall–Kier alpha value is -1.33. The number of hydrogen-bond acceptors (Lipinski definition) is 4. The van der Waals surface area contributed by atoms with Crippen molar-refractivity contribution in [3.63, 3.8) is 0 Å². The van der Waals surface area contributed by atoms with Gasteiger partial charge in [-0.15, -0.1) is 0 Å². The van der Waals surface area contributed by atoms with Crippen molar-refractivity contribution >= 4 is 15.9 Å². The number of rotatable bonds is 5. The fraction of sp³-hybridized carbons (Fsp3) is 0.308. The maximum Gasteiger partial charge on any atom is 0.174 e. The largest absolute Gasteiger partial charge is 0.484 e. The van der Waals surface area contributed by atoms with Crippen molar-refractivity contribution in [3.05, 3.63) is 46.3 Å². The highest BCUT2D eigenvalue weighted by Crippen LogP contribution is 2.30. The Kier molecular flexibility index (Phi) is 4.38. The number of nitrogens with zero attached hydrogens (tertiary/aromatic N) is 1. The van der Waals surface area contributed by atoms with E-state index in [4.69, 9.17) is 15.0 Å². The van der Waals surface area contributed by atoms with E-state index in [-0.39, 0.29) is 6.04 Å². The minimum atomic E-state index is 0.0897. The predicted molar refractivity (Wildman–Crippen MR) is 72.3 cm³/mol. The zero-order valence-electron chi connectivity index (χ0n) is 10.1. The van der Waals surface area contributed by atoms with Crippen molar-refractivity contribution in [2.45, 2.75) is 26.0 Å². The molecule has 18 heavy (non-hydrogen) atoms. The molecule has 0 amide bonds. The van der Waals surface area contributed by atoms with Crippen LogP contribution in [-0.2, 0) is 13.0 Å². The second-order valence-corrected chi connectivity index (χ2v) is 5.03. The molecule has 2 aromatic rings. The van der Waals surface area contributed by atoms with Crippen molar-refractivity contribution in [3.8, 4) is 5.75 Å². The fourth-order valence-electron chi connectivity index (χ4n) is 1.68. The first-order valence-electron chi connectivity index (χ1n) is 5.72. The molecule has 1 heterocycles. The van der Waals surface area contributed by atoms with Crippen LogP contribution >= 0.6 is 15.9 Å². The summed E-state index contributed by atoms with van der Waals surface area (Å²) in [6, 6.07) is 7.81. The zero-order valence-corrected chi connectivity index (χ0v) is 11.7. The summed E-state index contributed by atoms with van der Waals surface area (Å²) in [5, 5.41) is 3.64. The van der Waals surface area contributed by atoms with Gasteiger partial charge in [-0.2, -0.15) is 0 Å². The number of halogens is 1. The van der Waals surface area contributed by atoms with Gasteiger partial charge in [-0.05, 0) is 40.9 Å². The second kappa shape index (κ2) is 6.02. The van der Waals surface area contributed by atoms with Crippen LogP contribution < -0.4 is 10.5 Å². The molecular weight excluding hydrogens is 296 g/mol.